The molecule has 8 nitrogen and oxygen atoms in total. The Morgan fingerprint density at radius 2 is 1.44 bits per heavy atom. The van der Waals surface area contributed by atoms with Crippen LogP contribution in [0, 0.1) is 0 Å². The smallest absolute Gasteiger partial charge is 0.328 e. The van der Waals surface area contributed by atoms with Gasteiger partial charge in [0.2, 0.25) is 0 Å². The van der Waals surface area contributed by atoms with Gasteiger partial charge < -0.3 is 16.0 Å². The van der Waals surface area contributed by atoms with Crippen molar-refractivity contribution < 1.29 is 18.0 Å². The number of hydrogen-bond donors (Lipinski definition) is 4. The Balaban J connectivity index is 1.93. The molecule has 0 aliphatic carbocycles. The highest BCUT2D eigenvalue weighted by Crippen LogP contribution is 2.14. The lowest BCUT2D eigenvalue weighted by molar-refractivity contribution is 0.245. The first-order valence-electron chi connectivity index (χ1n) is 8.44. The van der Waals surface area contributed by atoms with Crippen molar-refractivity contribution in [1.29, 1.82) is 0 Å². The number of carbonyl (C=O) groups is 2. The van der Waals surface area contributed by atoms with Gasteiger partial charge in [0.05, 0.1) is 4.90 Å². The van der Waals surface area contributed by atoms with Crippen molar-refractivity contribution in [2.75, 3.05) is 17.2 Å². The Kier molecular flexibility index (Phi) is 7.18. The number of sulfonamides is 1. The molecule has 0 bridgehead atoms. The molecule has 0 saturated heterocycles. The third-order valence-electron chi connectivity index (χ3n) is 3.50. The molecular formula is C18H22N4O4S. The number of nitrogens with one attached hydrogen (secondary N) is 4. The second kappa shape index (κ2) is 9.58. The summed E-state index contributed by atoms with van der Waals surface area (Å²) in [5.41, 5.74) is 1.04. The van der Waals surface area contributed by atoms with Gasteiger partial charge in [-0.3, -0.25) is 0 Å². The van der Waals surface area contributed by atoms with Gasteiger partial charge in [0.1, 0.15) is 0 Å². The molecule has 0 fully saturated rings. The summed E-state index contributed by atoms with van der Waals surface area (Å²) in [7, 11) is -3.98. The van der Waals surface area contributed by atoms with Crippen LogP contribution in [0.4, 0.5) is 21.0 Å². The van der Waals surface area contributed by atoms with Gasteiger partial charge in [-0.2, -0.15) is 0 Å². The van der Waals surface area contributed by atoms with Crippen LogP contribution in [0.5, 0.6) is 0 Å². The van der Waals surface area contributed by atoms with E-state index in [1.807, 2.05) is 17.7 Å². The van der Waals surface area contributed by atoms with Crippen LogP contribution < -0.4 is 20.7 Å². The Hall–Kier alpha value is -3.07. The fourth-order valence-electron chi connectivity index (χ4n) is 2.13. The van der Waals surface area contributed by atoms with E-state index >= 15 is 0 Å². The summed E-state index contributed by atoms with van der Waals surface area (Å²) in [6.07, 6.45) is 1.65. The number of urea groups is 2. The van der Waals surface area contributed by atoms with E-state index in [0.717, 1.165) is 12.8 Å². The SMILES string of the molecule is CCCCNC(=O)NS(=O)(=O)c1ccc(NC(=O)Nc2ccccc2)cc1. The predicted octanol–water partition coefficient (Wildman–Crippen LogP) is 3.12. The quantitative estimate of drug-likeness (QED) is 0.544. The third-order valence-corrected chi connectivity index (χ3v) is 4.84. The number of amides is 4. The van der Waals surface area contributed by atoms with E-state index in [9.17, 15) is 18.0 Å². The Bertz CT molecular complexity index is 868. The van der Waals surface area contributed by atoms with Gasteiger partial charge in [0.25, 0.3) is 10.0 Å². The zero-order valence-corrected chi connectivity index (χ0v) is 15.7. The zero-order chi connectivity index (χ0) is 19.7. The third kappa shape index (κ3) is 6.63. The second-order valence-corrected chi connectivity index (χ2v) is 7.37. The predicted molar refractivity (Wildman–Crippen MR) is 104 cm³/mol. The number of unbranched alkanes of at least 4 members (excludes halogenated alkanes) is 1. The minimum Gasteiger partial charge on any atom is -0.337 e. The fourth-order valence-corrected chi connectivity index (χ4v) is 3.06. The van der Waals surface area contributed by atoms with Crippen LogP contribution in [0.3, 0.4) is 0 Å². The lowest BCUT2D eigenvalue weighted by Crippen LogP contribution is -2.39. The normalized spacial score (nSPS) is 10.7. The molecule has 0 heterocycles. The molecule has 144 valence electrons. The summed E-state index contributed by atoms with van der Waals surface area (Å²) in [5, 5.41) is 7.73. The lowest BCUT2D eigenvalue weighted by Gasteiger charge is -2.10. The molecule has 2 rings (SSSR count). The summed E-state index contributed by atoms with van der Waals surface area (Å²) >= 11 is 0. The number of anilines is 2. The largest absolute Gasteiger partial charge is 0.337 e. The van der Waals surface area contributed by atoms with Crippen molar-refractivity contribution in [2.24, 2.45) is 0 Å². The standard InChI is InChI=1S/C18H22N4O4S/c1-2-3-13-19-17(23)22-27(25,26)16-11-9-15(10-12-16)21-18(24)20-14-7-5-4-6-8-14/h4-12H,2-3,13H2,1H3,(H2,19,22,23)(H2,20,21,24). The van der Waals surface area contributed by atoms with Gasteiger partial charge in [-0.25, -0.2) is 22.7 Å². The van der Waals surface area contributed by atoms with Crippen molar-refractivity contribution in [1.82, 2.24) is 10.0 Å². The first kappa shape index (κ1) is 20.2. The van der Waals surface area contributed by atoms with Gasteiger partial charge in [-0.15, -0.1) is 0 Å². The summed E-state index contributed by atoms with van der Waals surface area (Å²) < 4.78 is 26.3. The minimum atomic E-state index is -3.98. The number of benzene rings is 2. The molecule has 0 aliphatic heterocycles. The summed E-state index contributed by atoms with van der Waals surface area (Å²) in [6.45, 7) is 2.36. The van der Waals surface area contributed by atoms with Crippen molar-refractivity contribution in [3.05, 3.63) is 54.6 Å². The second-order valence-electron chi connectivity index (χ2n) is 5.68. The number of para-hydroxylation sites is 1. The lowest BCUT2D eigenvalue weighted by atomic mass is 10.3. The highest BCUT2D eigenvalue weighted by atomic mass is 32.2. The van der Waals surface area contributed by atoms with Crippen LogP contribution in [0.15, 0.2) is 59.5 Å². The molecule has 2 aromatic rings. The van der Waals surface area contributed by atoms with Crippen molar-refractivity contribution in [3.8, 4) is 0 Å². The van der Waals surface area contributed by atoms with Gasteiger partial charge in [0.15, 0.2) is 0 Å². The van der Waals surface area contributed by atoms with E-state index in [4.69, 9.17) is 0 Å². The Labute approximate surface area is 158 Å². The molecule has 0 aliphatic rings. The maximum absolute atomic E-state index is 12.2. The topological polar surface area (TPSA) is 116 Å². The molecule has 4 N–H and O–H groups in total. The van der Waals surface area contributed by atoms with Crippen LogP contribution in [0.1, 0.15) is 19.8 Å². The first-order chi connectivity index (χ1) is 12.9. The van der Waals surface area contributed by atoms with E-state index in [2.05, 4.69) is 16.0 Å². The molecule has 27 heavy (non-hydrogen) atoms. The fraction of sp³-hybridized carbons (Fsp3) is 0.222. The van der Waals surface area contributed by atoms with Crippen LogP contribution >= 0.6 is 0 Å². The van der Waals surface area contributed by atoms with Gasteiger partial charge >= 0.3 is 12.1 Å². The van der Waals surface area contributed by atoms with E-state index in [0.29, 0.717) is 17.9 Å². The molecule has 9 heteroatoms. The minimum absolute atomic E-state index is 0.0813. The molecule has 4 amide bonds. The van der Waals surface area contributed by atoms with E-state index in [1.54, 1.807) is 24.3 Å². The van der Waals surface area contributed by atoms with Crippen molar-refractivity contribution in [2.45, 2.75) is 24.7 Å². The molecule has 0 aromatic heterocycles. The number of rotatable bonds is 7. The molecule has 0 saturated carbocycles. The summed E-state index contributed by atoms with van der Waals surface area (Å²) in [5.74, 6) is 0. The van der Waals surface area contributed by atoms with Crippen LogP contribution in [0.2, 0.25) is 0 Å². The number of carbonyl (C=O) groups excluding carboxylic acids is 2. The molecular weight excluding hydrogens is 368 g/mol. The highest BCUT2D eigenvalue weighted by molar-refractivity contribution is 7.90. The van der Waals surface area contributed by atoms with E-state index in [1.165, 1.54) is 24.3 Å². The van der Waals surface area contributed by atoms with Crippen LogP contribution in [-0.2, 0) is 10.0 Å². The van der Waals surface area contributed by atoms with Gasteiger partial charge in [-0.05, 0) is 42.8 Å². The van der Waals surface area contributed by atoms with Crippen LogP contribution in [-0.4, -0.2) is 27.0 Å². The maximum atomic E-state index is 12.2. The molecule has 2 aromatic carbocycles. The van der Waals surface area contributed by atoms with E-state index < -0.39 is 22.1 Å². The average Bonchev–Trinajstić information content (AvgIpc) is 2.62. The van der Waals surface area contributed by atoms with E-state index in [-0.39, 0.29) is 4.90 Å². The Morgan fingerprint density at radius 3 is 2.04 bits per heavy atom. The molecule has 0 spiro atoms. The van der Waals surface area contributed by atoms with Gasteiger partial charge in [-0.1, -0.05) is 31.5 Å². The maximum Gasteiger partial charge on any atom is 0.328 e. The van der Waals surface area contributed by atoms with Crippen molar-refractivity contribution in [3.63, 3.8) is 0 Å². The van der Waals surface area contributed by atoms with Crippen LogP contribution in [0.25, 0.3) is 0 Å². The number of hydrogen-bond acceptors (Lipinski definition) is 4. The molecule has 0 atom stereocenters. The average molecular weight is 390 g/mol. The zero-order valence-electron chi connectivity index (χ0n) is 14.9. The molecule has 0 radical (unpaired) electrons. The monoisotopic (exact) mass is 390 g/mol. The molecule has 0 unspecified atom stereocenters. The Morgan fingerprint density at radius 1 is 0.852 bits per heavy atom. The summed E-state index contributed by atoms with van der Waals surface area (Å²) in [4.78, 5) is 23.5. The van der Waals surface area contributed by atoms with Crippen molar-refractivity contribution >= 4 is 33.5 Å². The highest BCUT2D eigenvalue weighted by Gasteiger charge is 2.17. The summed E-state index contributed by atoms with van der Waals surface area (Å²) in [6, 6.07) is 13.2. The van der Waals surface area contributed by atoms with Gasteiger partial charge in [0, 0.05) is 17.9 Å². The first-order valence-corrected chi connectivity index (χ1v) is 9.93.